The molecule has 0 rings (SSSR count). The van der Waals surface area contributed by atoms with Gasteiger partial charge in [0.05, 0.1) is 19.7 Å². The lowest BCUT2D eigenvalue weighted by atomic mass is 10.4. The van der Waals surface area contributed by atoms with E-state index in [1.54, 1.807) is 19.0 Å². The van der Waals surface area contributed by atoms with Gasteiger partial charge in [0.15, 0.2) is 0 Å². The lowest BCUT2D eigenvalue weighted by Gasteiger charge is -2.18. The first-order valence-corrected chi connectivity index (χ1v) is 3.48. The molecule has 0 saturated heterocycles. The number of rotatable bonds is 4. The molecule has 0 radical (unpaired) electrons. The fourth-order valence-corrected chi connectivity index (χ4v) is 0.627. The number of aliphatic hydroxyl groups is 1. The van der Waals surface area contributed by atoms with E-state index in [1.807, 2.05) is 6.92 Å². The Morgan fingerprint density at radius 3 is 2.55 bits per heavy atom. The van der Waals surface area contributed by atoms with Crippen LogP contribution in [0.4, 0.5) is 0 Å². The molecule has 1 unspecified atom stereocenters. The standard InChI is InChI=1S/C7H15N3O/c1-6(2)10(9-8-4)5-7(3)11/h7,11H,1,5H2,2-4H3/b9-8-. The molecule has 0 aliphatic carbocycles. The lowest BCUT2D eigenvalue weighted by Crippen LogP contribution is -2.24. The van der Waals surface area contributed by atoms with E-state index in [-0.39, 0.29) is 0 Å². The van der Waals surface area contributed by atoms with Crippen molar-refractivity contribution < 1.29 is 5.11 Å². The normalized spacial score (nSPS) is 13.5. The van der Waals surface area contributed by atoms with Crippen LogP contribution in [0.5, 0.6) is 0 Å². The third-order valence-corrected chi connectivity index (χ3v) is 1.08. The zero-order chi connectivity index (χ0) is 8.85. The van der Waals surface area contributed by atoms with E-state index in [1.165, 1.54) is 0 Å². The van der Waals surface area contributed by atoms with Gasteiger partial charge in [0.2, 0.25) is 0 Å². The summed E-state index contributed by atoms with van der Waals surface area (Å²) in [5.41, 5.74) is 0.775. The maximum Gasteiger partial charge on any atom is 0.0708 e. The van der Waals surface area contributed by atoms with Crippen molar-refractivity contribution in [3.8, 4) is 0 Å². The summed E-state index contributed by atoms with van der Waals surface area (Å²) in [7, 11) is 1.58. The summed E-state index contributed by atoms with van der Waals surface area (Å²) in [6.07, 6.45) is -0.419. The lowest BCUT2D eigenvalue weighted by molar-refractivity contribution is 0.143. The summed E-state index contributed by atoms with van der Waals surface area (Å²) >= 11 is 0. The summed E-state index contributed by atoms with van der Waals surface area (Å²) in [5.74, 6) is 0. The molecule has 1 N–H and O–H groups in total. The highest BCUT2D eigenvalue weighted by atomic mass is 16.3. The van der Waals surface area contributed by atoms with Crippen LogP contribution < -0.4 is 0 Å². The van der Waals surface area contributed by atoms with Gasteiger partial charge in [-0.1, -0.05) is 11.8 Å². The molecule has 0 bridgehead atoms. The van der Waals surface area contributed by atoms with Gasteiger partial charge in [-0.05, 0) is 13.8 Å². The van der Waals surface area contributed by atoms with Crippen LogP contribution in [-0.2, 0) is 0 Å². The molecule has 64 valence electrons. The maximum atomic E-state index is 9.01. The molecule has 0 heterocycles. The second-order valence-electron chi connectivity index (χ2n) is 2.46. The Kier molecular flexibility index (Phi) is 4.45. The molecule has 0 aliphatic rings. The van der Waals surface area contributed by atoms with E-state index in [0.29, 0.717) is 6.54 Å². The predicted octanol–water partition coefficient (Wildman–Crippen LogP) is 1.20. The summed E-state index contributed by atoms with van der Waals surface area (Å²) in [5, 5.41) is 17.9. The smallest absolute Gasteiger partial charge is 0.0708 e. The van der Waals surface area contributed by atoms with Crippen LogP contribution in [0.1, 0.15) is 13.8 Å². The summed E-state index contributed by atoms with van der Waals surface area (Å²) < 4.78 is 0. The van der Waals surface area contributed by atoms with Gasteiger partial charge >= 0.3 is 0 Å². The van der Waals surface area contributed by atoms with Crippen molar-refractivity contribution in [3.63, 3.8) is 0 Å². The Hall–Kier alpha value is -0.900. The molecule has 0 aromatic carbocycles. The molecule has 0 aliphatic heterocycles. The zero-order valence-electron chi connectivity index (χ0n) is 7.28. The molecule has 0 saturated carbocycles. The Labute approximate surface area is 67.2 Å². The molecule has 11 heavy (non-hydrogen) atoms. The van der Waals surface area contributed by atoms with Crippen LogP contribution in [-0.4, -0.2) is 29.8 Å². The van der Waals surface area contributed by atoms with Crippen molar-refractivity contribution in [2.75, 3.05) is 13.6 Å². The maximum absolute atomic E-state index is 9.01. The topological polar surface area (TPSA) is 48.2 Å². The Morgan fingerprint density at radius 2 is 2.27 bits per heavy atom. The van der Waals surface area contributed by atoms with Gasteiger partial charge < -0.3 is 5.11 Å². The van der Waals surface area contributed by atoms with Crippen LogP contribution in [0, 0.1) is 0 Å². The molecular formula is C7H15N3O. The van der Waals surface area contributed by atoms with E-state index in [9.17, 15) is 0 Å². The van der Waals surface area contributed by atoms with Crippen LogP contribution in [0.25, 0.3) is 0 Å². The predicted molar refractivity (Wildman–Crippen MR) is 44.0 cm³/mol. The first-order chi connectivity index (χ1) is 5.07. The van der Waals surface area contributed by atoms with E-state index in [2.05, 4.69) is 16.9 Å². The fraction of sp³-hybridized carbons (Fsp3) is 0.714. The second-order valence-corrected chi connectivity index (χ2v) is 2.46. The monoisotopic (exact) mass is 157 g/mol. The average molecular weight is 157 g/mol. The van der Waals surface area contributed by atoms with Crippen molar-refractivity contribution in [2.45, 2.75) is 20.0 Å². The zero-order valence-corrected chi connectivity index (χ0v) is 7.28. The molecule has 4 heteroatoms. The van der Waals surface area contributed by atoms with E-state index < -0.39 is 6.10 Å². The minimum atomic E-state index is -0.419. The number of nitrogens with zero attached hydrogens (tertiary/aromatic N) is 3. The first-order valence-electron chi connectivity index (χ1n) is 3.48. The Bertz CT molecular complexity index is 154. The molecule has 1 atom stereocenters. The summed E-state index contributed by atoms with van der Waals surface area (Å²) in [6.45, 7) is 7.64. The van der Waals surface area contributed by atoms with Crippen molar-refractivity contribution >= 4 is 0 Å². The average Bonchev–Trinajstić information content (AvgIpc) is 1.86. The molecular weight excluding hydrogens is 142 g/mol. The first kappa shape index (κ1) is 10.1. The van der Waals surface area contributed by atoms with Gasteiger partial charge in [0, 0.05) is 5.70 Å². The summed E-state index contributed by atoms with van der Waals surface area (Å²) in [6, 6.07) is 0. The number of hydrogen-bond acceptors (Lipinski definition) is 3. The third-order valence-electron chi connectivity index (χ3n) is 1.08. The van der Waals surface area contributed by atoms with Crippen molar-refractivity contribution in [2.24, 2.45) is 10.3 Å². The minimum Gasteiger partial charge on any atom is -0.391 e. The molecule has 0 amide bonds. The quantitative estimate of drug-likeness (QED) is 0.492. The summed E-state index contributed by atoms with van der Waals surface area (Å²) in [4.78, 5) is 0. The van der Waals surface area contributed by atoms with E-state index >= 15 is 0 Å². The Morgan fingerprint density at radius 1 is 1.73 bits per heavy atom. The Balaban J connectivity index is 4.00. The highest BCUT2D eigenvalue weighted by Crippen LogP contribution is 2.02. The molecule has 0 aromatic rings. The largest absolute Gasteiger partial charge is 0.391 e. The van der Waals surface area contributed by atoms with E-state index in [4.69, 9.17) is 5.11 Å². The van der Waals surface area contributed by atoms with E-state index in [0.717, 1.165) is 5.70 Å². The van der Waals surface area contributed by atoms with Crippen molar-refractivity contribution in [1.82, 2.24) is 5.01 Å². The highest BCUT2D eigenvalue weighted by molar-refractivity contribution is 4.86. The minimum absolute atomic E-state index is 0.419. The van der Waals surface area contributed by atoms with Gasteiger partial charge in [-0.25, -0.2) is 5.01 Å². The second kappa shape index (κ2) is 4.85. The number of hydrogen-bond donors (Lipinski definition) is 1. The molecule has 0 fully saturated rings. The van der Waals surface area contributed by atoms with Crippen LogP contribution in [0.2, 0.25) is 0 Å². The number of allylic oxidation sites excluding steroid dienone is 1. The van der Waals surface area contributed by atoms with Gasteiger partial charge in [0.1, 0.15) is 0 Å². The van der Waals surface area contributed by atoms with Gasteiger partial charge in [0.25, 0.3) is 0 Å². The van der Waals surface area contributed by atoms with Gasteiger partial charge in [-0.2, -0.15) is 5.11 Å². The van der Waals surface area contributed by atoms with Gasteiger partial charge in [-0.3, -0.25) is 0 Å². The highest BCUT2D eigenvalue weighted by Gasteiger charge is 2.04. The van der Waals surface area contributed by atoms with Gasteiger partial charge in [-0.15, -0.1) is 0 Å². The molecule has 0 aromatic heterocycles. The fourth-order valence-electron chi connectivity index (χ4n) is 0.627. The van der Waals surface area contributed by atoms with Crippen LogP contribution in [0.3, 0.4) is 0 Å². The molecule has 4 nitrogen and oxygen atoms in total. The van der Waals surface area contributed by atoms with Crippen LogP contribution >= 0.6 is 0 Å². The molecule has 0 spiro atoms. The number of aliphatic hydroxyl groups excluding tert-OH is 1. The van der Waals surface area contributed by atoms with Crippen LogP contribution in [0.15, 0.2) is 22.6 Å². The SMILES string of the molecule is C=C(C)N(CC(C)O)/N=N\C. The third kappa shape index (κ3) is 4.50. The van der Waals surface area contributed by atoms with Crippen molar-refractivity contribution in [3.05, 3.63) is 12.3 Å². The van der Waals surface area contributed by atoms with Crippen molar-refractivity contribution in [1.29, 1.82) is 0 Å².